The molecule has 3 N–H and O–H groups in total. The Labute approximate surface area is 187 Å². The molecule has 0 fully saturated rings. The summed E-state index contributed by atoms with van der Waals surface area (Å²) < 4.78 is 33.0. The van der Waals surface area contributed by atoms with E-state index in [2.05, 4.69) is 17.0 Å². The first-order valence-electron chi connectivity index (χ1n) is 10.1. The van der Waals surface area contributed by atoms with Crippen LogP contribution < -0.4 is 15.4 Å². The Bertz CT molecular complexity index is 1070. The molecule has 0 spiro atoms. The molecule has 2 rings (SSSR count). The molecule has 0 saturated heterocycles. The van der Waals surface area contributed by atoms with E-state index in [1.165, 1.54) is 32.2 Å². The Morgan fingerprint density at radius 2 is 1.75 bits per heavy atom. The lowest BCUT2D eigenvalue weighted by molar-refractivity contribution is -0.127. The zero-order valence-electron chi connectivity index (χ0n) is 18.2. The van der Waals surface area contributed by atoms with Gasteiger partial charge in [0.2, 0.25) is 0 Å². The van der Waals surface area contributed by atoms with Gasteiger partial charge >= 0.3 is 12.0 Å². The SMILES string of the molecule is CCCCc1ccc(NS(=O)(=O)c2cccc(C(=O)OC(C)C(=O)NC(=O)NC)c2)cc1. The predicted octanol–water partition coefficient (Wildman–Crippen LogP) is 2.83. The molecule has 3 amide bonds. The molecular formula is C22H27N3O6S. The average molecular weight is 462 g/mol. The number of amides is 3. The van der Waals surface area contributed by atoms with Crippen LogP contribution in [0.2, 0.25) is 0 Å². The van der Waals surface area contributed by atoms with Crippen LogP contribution >= 0.6 is 0 Å². The van der Waals surface area contributed by atoms with Crippen molar-refractivity contribution in [1.82, 2.24) is 10.6 Å². The van der Waals surface area contributed by atoms with Crippen molar-refractivity contribution < 1.29 is 27.5 Å². The monoisotopic (exact) mass is 461 g/mol. The summed E-state index contributed by atoms with van der Waals surface area (Å²) in [6.45, 7) is 3.40. The molecular weight excluding hydrogens is 434 g/mol. The zero-order chi connectivity index (χ0) is 23.7. The van der Waals surface area contributed by atoms with Gasteiger partial charge in [-0.3, -0.25) is 14.8 Å². The van der Waals surface area contributed by atoms with Gasteiger partial charge in [-0.15, -0.1) is 0 Å². The number of unbranched alkanes of at least 4 members (excludes halogenated alkanes) is 1. The van der Waals surface area contributed by atoms with Crippen molar-refractivity contribution in [3.63, 3.8) is 0 Å². The third-order valence-electron chi connectivity index (χ3n) is 4.52. The predicted molar refractivity (Wildman–Crippen MR) is 120 cm³/mol. The van der Waals surface area contributed by atoms with Crippen LogP contribution in [0.25, 0.3) is 0 Å². The quantitative estimate of drug-likeness (QED) is 0.492. The van der Waals surface area contributed by atoms with Crippen LogP contribution in [0.5, 0.6) is 0 Å². The number of hydrogen-bond donors (Lipinski definition) is 3. The lowest BCUT2D eigenvalue weighted by atomic mass is 10.1. The number of urea groups is 1. The van der Waals surface area contributed by atoms with E-state index in [1.54, 1.807) is 12.1 Å². The summed E-state index contributed by atoms with van der Waals surface area (Å²) in [6, 6.07) is 11.6. The largest absolute Gasteiger partial charge is 0.449 e. The van der Waals surface area contributed by atoms with Crippen LogP contribution in [-0.2, 0) is 26.0 Å². The summed E-state index contributed by atoms with van der Waals surface area (Å²) in [6.07, 6.45) is 1.79. The minimum absolute atomic E-state index is 0.0534. The molecule has 0 bridgehead atoms. The molecule has 2 aromatic carbocycles. The average Bonchev–Trinajstić information content (AvgIpc) is 2.78. The number of imide groups is 1. The van der Waals surface area contributed by atoms with E-state index in [1.807, 2.05) is 17.4 Å². The highest BCUT2D eigenvalue weighted by atomic mass is 32.2. The molecule has 9 nitrogen and oxygen atoms in total. The Balaban J connectivity index is 2.09. The van der Waals surface area contributed by atoms with Crippen molar-refractivity contribution in [1.29, 1.82) is 0 Å². The molecule has 2 aromatic rings. The van der Waals surface area contributed by atoms with E-state index >= 15 is 0 Å². The number of esters is 1. The first kappa shape index (κ1) is 24.9. The second-order valence-electron chi connectivity index (χ2n) is 7.05. The van der Waals surface area contributed by atoms with E-state index in [0.717, 1.165) is 30.9 Å². The highest BCUT2D eigenvalue weighted by molar-refractivity contribution is 7.92. The molecule has 172 valence electrons. The summed E-state index contributed by atoms with van der Waals surface area (Å²) in [5.41, 5.74) is 1.47. The number of carbonyl (C=O) groups excluding carboxylic acids is 3. The lowest BCUT2D eigenvalue weighted by Gasteiger charge is -2.13. The van der Waals surface area contributed by atoms with Gasteiger partial charge in [0, 0.05) is 12.7 Å². The second-order valence-corrected chi connectivity index (χ2v) is 8.73. The molecule has 0 radical (unpaired) electrons. The highest BCUT2D eigenvalue weighted by Gasteiger charge is 2.22. The molecule has 0 aliphatic heterocycles. The van der Waals surface area contributed by atoms with Crippen LogP contribution in [0.1, 0.15) is 42.6 Å². The number of sulfonamides is 1. The Morgan fingerprint density at radius 3 is 2.38 bits per heavy atom. The van der Waals surface area contributed by atoms with Crippen molar-refractivity contribution in [3.8, 4) is 0 Å². The van der Waals surface area contributed by atoms with E-state index in [-0.39, 0.29) is 10.5 Å². The number of benzene rings is 2. The van der Waals surface area contributed by atoms with Gasteiger partial charge in [-0.1, -0.05) is 31.5 Å². The molecule has 1 unspecified atom stereocenters. The number of ether oxygens (including phenoxy) is 1. The maximum absolute atomic E-state index is 12.7. The van der Waals surface area contributed by atoms with Crippen LogP contribution in [-0.4, -0.2) is 39.5 Å². The van der Waals surface area contributed by atoms with Crippen LogP contribution in [0.15, 0.2) is 53.4 Å². The minimum atomic E-state index is -3.95. The topological polar surface area (TPSA) is 131 Å². The lowest BCUT2D eigenvalue weighted by Crippen LogP contribution is -2.43. The van der Waals surface area contributed by atoms with Crippen molar-refractivity contribution in [2.45, 2.75) is 44.1 Å². The van der Waals surface area contributed by atoms with E-state index < -0.39 is 34.0 Å². The van der Waals surface area contributed by atoms with Crippen LogP contribution in [0.3, 0.4) is 0 Å². The summed E-state index contributed by atoms with van der Waals surface area (Å²) in [7, 11) is -2.62. The number of aryl methyl sites for hydroxylation is 1. The molecule has 1 atom stereocenters. The fourth-order valence-electron chi connectivity index (χ4n) is 2.68. The summed E-state index contributed by atoms with van der Waals surface area (Å²) in [4.78, 5) is 35.3. The summed E-state index contributed by atoms with van der Waals surface area (Å²) >= 11 is 0. The Kier molecular flexibility index (Phi) is 8.77. The van der Waals surface area contributed by atoms with E-state index in [0.29, 0.717) is 5.69 Å². The van der Waals surface area contributed by atoms with Gasteiger partial charge in [0.25, 0.3) is 15.9 Å². The van der Waals surface area contributed by atoms with Crippen molar-refractivity contribution in [2.75, 3.05) is 11.8 Å². The summed E-state index contributed by atoms with van der Waals surface area (Å²) in [5, 5.41) is 4.20. The van der Waals surface area contributed by atoms with Gasteiger partial charge in [-0.2, -0.15) is 0 Å². The molecule has 0 aromatic heterocycles. The van der Waals surface area contributed by atoms with E-state index in [9.17, 15) is 22.8 Å². The van der Waals surface area contributed by atoms with Crippen molar-refractivity contribution in [2.24, 2.45) is 0 Å². The molecule has 0 aliphatic rings. The number of rotatable bonds is 9. The molecule has 0 saturated carbocycles. The maximum atomic E-state index is 12.7. The minimum Gasteiger partial charge on any atom is -0.449 e. The summed E-state index contributed by atoms with van der Waals surface area (Å²) in [5.74, 6) is -1.72. The molecule has 10 heteroatoms. The molecule has 0 heterocycles. The Morgan fingerprint density at radius 1 is 1.06 bits per heavy atom. The van der Waals surface area contributed by atoms with E-state index in [4.69, 9.17) is 4.74 Å². The fourth-order valence-corrected chi connectivity index (χ4v) is 3.79. The maximum Gasteiger partial charge on any atom is 0.338 e. The first-order valence-corrected chi connectivity index (χ1v) is 11.6. The van der Waals surface area contributed by atoms with Gasteiger partial charge in [-0.05, 0) is 55.7 Å². The molecule has 32 heavy (non-hydrogen) atoms. The molecule has 0 aliphatic carbocycles. The number of anilines is 1. The van der Waals surface area contributed by atoms with Gasteiger partial charge in [0.05, 0.1) is 10.5 Å². The van der Waals surface area contributed by atoms with Crippen molar-refractivity contribution in [3.05, 3.63) is 59.7 Å². The van der Waals surface area contributed by atoms with Gasteiger partial charge in [0.15, 0.2) is 6.10 Å². The zero-order valence-corrected chi connectivity index (χ0v) is 19.0. The highest BCUT2D eigenvalue weighted by Crippen LogP contribution is 2.19. The number of carbonyl (C=O) groups is 3. The third-order valence-corrected chi connectivity index (χ3v) is 5.90. The van der Waals surface area contributed by atoms with Crippen molar-refractivity contribution >= 4 is 33.6 Å². The van der Waals surface area contributed by atoms with Gasteiger partial charge in [0.1, 0.15) is 0 Å². The third kappa shape index (κ3) is 7.09. The Hall–Kier alpha value is -3.40. The number of nitrogens with one attached hydrogen (secondary N) is 3. The van der Waals surface area contributed by atoms with Crippen LogP contribution in [0.4, 0.5) is 10.5 Å². The number of hydrogen-bond acceptors (Lipinski definition) is 6. The first-order chi connectivity index (χ1) is 15.2. The smallest absolute Gasteiger partial charge is 0.338 e. The van der Waals surface area contributed by atoms with Gasteiger partial charge in [-0.25, -0.2) is 18.0 Å². The van der Waals surface area contributed by atoms with Gasteiger partial charge < -0.3 is 10.1 Å². The standard InChI is InChI=1S/C22H27N3O6S/c1-4-5-7-16-10-12-18(13-11-16)25-32(29,30)19-9-6-8-17(14-19)21(27)31-15(2)20(26)24-22(28)23-3/h6,8-15,25H,4-5,7H2,1-3H3,(H2,23,24,26,28). The fraction of sp³-hybridized carbons (Fsp3) is 0.318. The second kappa shape index (κ2) is 11.3. The van der Waals surface area contributed by atoms with Crippen LogP contribution in [0, 0.1) is 0 Å². The normalized spacial score (nSPS) is 11.8.